The van der Waals surface area contributed by atoms with E-state index in [0.29, 0.717) is 12.1 Å². The Bertz CT molecular complexity index is 965. The molecule has 1 heterocycles. The Morgan fingerprint density at radius 3 is 2.46 bits per heavy atom. The Kier molecular flexibility index (Phi) is 5.71. The molecule has 2 aromatic carbocycles. The van der Waals surface area contributed by atoms with Crippen molar-refractivity contribution in [1.29, 1.82) is 0 Å². The monoisotopic (exact) mass is 392 g/mol. The van der Waals surface area contributed by atoms with E-state index >= 15 is 0 Å². The first-order valence-corrected chi connectivity index (χ1v) is 8.54. The van der Waals surface area contributed by atoms with Crippen molar-refractivity contribution in [3.05, 3.63) is 71.4 Å². The second kappa shape index (κ2) is 8.04. The predicted octanol–water partition coefficient (Wildman–Crippen LogP) is 3.86. The molecule has 3 aromatic rings. The van der Waals surface area contributed by atoms with Crippen LogP contribution in [0, 0.1) is 0 Å². The molecule has 0 radical (unpaired) electrons. The van der Waals surface area contributed by atoms with Gasteiger partial charge in [0.1, 0.15) is 6.04 Å². The third-order valence-electron chi connectivity index (χ3n) is 4.49. The lowest BCUT2D eigenvalue weighted by Crippen LogP contribution is -2.37. The summed E-state index contributed by atoms with van der Waals surface area (Å²) in [6.45, 7) is 0.369. The lowest BCUT2D eigenvalue weighted by molar-refractivity contribution is -0.143. The fourth-order valence-electron chi connectivity index (χ4n) is 3.15. The molecule has 0 aliphatic carbocycles. The molecule has 0 bridgehead atoms. The van der Waals surface area contributed by atoms with E-state index < -0.39 is 23.8 Å². The van der Waals surface area contributed by atoms with E-state index in [1.54, 1.807) is 0 Å². The van der Waals surface area contributed by atoms with E-state index in [4.69, 9.17) is 4.84 Å². The number of alkyl halides is 3. The third-order valence-corrected chi connectivity index (χ3v) is 4.49. The SMILES string of the molecule is CON[C@@H](Cc1cn(Cc2ccc(C(F)(F)F)cc2)c2ccccc12)C(=O)O. The number of hydroxylamine groups is 1. The number of hydrogen-bond donors (Lipinski definition) is 2. The van der Waals surface area contributed by atoms with Crippen LogP contribution in [-0.2, 0) is 28.8 Å². The Hall–Kier alpha value is -2.84. The molecule has 0 aliphatic heterocycles. The normalized spacial score (nSPS) is 13.0. The average Bonchev–Trinajstić information content (AvgIpc) is 2.99. The van der Waals surface area contributed by atoms with Crippen LogP contribution in [0.15, 0.2) is 54.7 Å². The van der Waals surface area contributed by atoms with Gasteiger partial charge in [-0.05, 0) is 29.3 Å². The first-order chi connectivity index (χ1) is 13.3. The maximum Gasteiger partial charge on any atom is 0.416 e. The fourth-order valence-corrected chi connectivity index (χ4v) is 3.15. The Morgan fingerprint density at radius 2 is 1.86 bits per heavy atom. The van der Waals surface area contributed by atoms with Gasteiger partial charge in [0.25, 0.3) is 0 Å². The molecule has 0 amide bonds. The standard InChI is InChI=1S/C20H19F3N2O3/c1-28-24-17(19(26)27)10-14-12-25(18-5-3-2-4-16(14)18)11-13-6-8-15(9-7-13)20(21,22)23/h2-9,12,17,24H,10-11H2,1H3,(H,26,27)/t17-/m0/s1. The molecule has 2 N–H and O–H groups in total. The summed E-state index contributed by atoms with van der Waals surface area (Å²) in [5.41, 5.74) is 4.16. The van der Waals surface area contributed by atoms with Gasteiger partial charge < -0.3 is 14.5 Å². The second-order valence-corrected chi connectivity index (χ2v) is 6.41. The smallest absolute Gasteiger partial charge is 0.416 e. The van der Waals surface area contributed by atoms with E-state index in [0.717, 1.165) is 28.6 Å². The van der Waals surface area contributed by atoms with Gasteiger partial charge >= 0.3 is 12.1 Å². The molecule has 0 fully saturated rings. The molecule has 0 saturated carbocycles. The molecule has 8 heteroatoms. The molecular formula is C20H19F3N2O3. The van der Waals surface area contributed by atoms with Crippen molar-refractivity contribution in [2.45, 2.75) is 25.2 Å². The highest BCUT2D eigenvalue weighted by atomic mass is 19.4. The topological polar surface area (TPSA) is 63.5 Å². The van der Waals surface area contributed by atoms with Crippen LogP contribution < -0.4 is 5.48 Å². The summed E-state index contributed by atoms with van der Waals surface area (Å²) in [5, 5.41) is 10.2. The first kappa shape index (κ1) is 19.9. The summed E-state index contributed by atoms with van der Waals surface area (Å²) >= 11 is 0. The quantitative estimate of drug-likeness (QED) is 0.600. The van der Waals surface area contributed by atoms with E-state index in [1.807, 2.05) is 35.0 Å². The molecular weight excluding hydrogens is 373 g/mol. The largest absolute Gasteiger partial charge is 0.480 e. The first-order valence-electron chi connectivity index (χ1n) is 8.54. The number of para-hydroxylation sites is 1. The summed E-state index contributed by atoms with van der Waals surface area (Å²) < 4.78 is 40.1. The zero-order valence-corrected chi connectivity index (χ0v) is 15.0. The van der Waals surface area contributed by atoms with Crippen LogP contribution in [0.5, 0.6) is 0 Å². The van der Waals surface area contributed by atoms with Crippen LogP contribution >= 0.6 is 0 Å². The zero-order valence-electron chi connectivity index (χ0n) is 15.0. The van der Waals surface area contributed by atoms with Gasteiger partial charge in [-0.1, -0.05) is 30.3 Å². The van der Waals surface area contributed by atoms with Gasteiger partial charge in [-0.2, -0.15) is 18.7 Å². The number of carboxylic acids is 1. The molecule has 148 valence electrons. The highest BCUT2D eigenvalue weighted by Crippen LogP contribution is 2.29. The third kappa shape index (κ3) is 4.35. The number of fused-ring (bicyclic) bond motifs is 1. The Balaban J connectivity index is 1.91. The van der Waals surface area contributed by atoms with Crippen molar-refractivity contribution in [3.8, 4) is 0 Å². The number of nitrogens with zero attached hydrogens (tertiary/aromatic N) is 1. The molecule has 0 aliphatic rings. The van der Waals surface area contributed by atoms with Gasteiger partial charge in [-0.15, -0.1) is 0 Å². The van der Waals surface area contributed by atoms with Crippen molar-refractivity contribution in [2.24, 2.45) is 0 Å². The molecule has 5 nitrogen and oxygen atoms in total. The molecule has 1 aromatic heterocycles. The number of carbonyl (C=O) groups is 1. The summed E-state index contributed by atoms with van der Waals surface area (Å²) in [6, 6.07) is 11.6. The highest BCUT2D eigenvalue weighted by molar-refractivity contribution is 5.85. The number of rotatable bonds is 7. The van der Waals surface area contributed by atoms with Crippen LogP contribution in [0.25, 0.3) is 10.9 Å². The minimum atomic E-state index is -4.37. The zero-order chi connectivity index (χ0) is 20.3. The molecule has 0 saturated heterocycles. The Morgan fingerprint density at radius 1 is 1.18 bits per heavy atom. The number of aliphatic carboxylic acids is 1. The molecule has 28 heavy (non-hydrogen) atoms. The van der Waals surface area contributed by atoms with E-state index in [-0.39, 0.29) is 6.42 Å². The van der Waals surface area contributed by atoms with Crippen LogP contribution in [0.3, 0.4) is 0 Å². The van der Waals surface area contributed by atoms with Gasteiger partial charge in [-0.25, -0.2) is 0 Å². The number of benzene rings is 2. The molecule has 0 unspecified atom stereocenters. The van der Waals surface area contributed by atoms with Crippen molar-refractivity contribution >= 4 is 16.9 Å². The van der Waals surface area contributed by atoms with Crippen LogP contribution in [0.1, 0.15) is 16.7 Å². The molecule has 0 spiro atoms. The maximum absolute atomic E-state index is 12.7. The number of aromatic nitrogens is 1. The molecule has 3 rings (SSSR count). The summed E-state index contributed by atoms with van der Waals surface area (Å²) in [4.78, 5) is 16.2. The summed E-state index contributed by atoms with van der Waals surface area (Å²) in [6.07, 6.45) is -2.34. The van der Waals surface area contributed by atoms with Crippen molar-refractivity contribution in [2.75, 3.05) is 7.11 Å². The summed E-state index contributed by atoms with van der Waals surface area (Å²) in [5.74, 6) is -1.04. The van der Waals surface area contributed by atoms with Gasteiger partial charge in [-0.3, -0.25) is 4.79 Å². The van der Waals surface area contributed by atoms with Crippen LogP contribution in [0.4, 0.5) is 13.2 Å². The fraction of sp³-hybridized carbons (Fsp3) is 0.250. The van der Waals surface area contributed by atoms with Gasteiger partial charge in [0, 0.05) is 30.1 Å². The van der Waals surface area contributed by atoms with Gasteiger partial charge in [0.15, 0.2) is 0 Å². The van der Waals surface area contributed by atoms with E-state index in [9.17, 15) is 23.1 Å². The number of nitrogens with one attached hydrogen (secondary N) is 1. The average molecular weight is 392 g/mol. The van der Waals surface area contributed by atoms with E-state index in [2.05, 4.69) is 5.48 Å². The Labute approximate surface area is 159 Å². The lowest BCUT2D eigenvalue weighted by atomic mass is 10.1. The van der Waals surface area contributed by atoms with Crippen LogP contribution in [0.2, 0.25) is 0 Å². The number of halogens is 3. The van der Waals surface area contributed by atoms with E-state index in [1.165, 1.54) is 19.2 Å². The molecule has 1 atom stereocenters. The predicted molar refractivity (Wildman–Crippen MR) is 97.8 cm³/mol. The minimum absolute atomic E-state index is 0.198. The number of carboxylic acid groups (broad SMARTS) is 1. The second-order valence-electron chi connectivity index (χ2n) is 6.41. The van der Waals surface area contributed by atoms with Gasteiger partial charge in [0.05, 0.1) is 12.7 Å². The highest BCUT2D eigenvalue weighted by Gasteiger charge is 2.30. The van der Waals surface area contributed by atoms with Crippen molar-refractivity contribution in [3.63, 3.8) is 0 Å². The minimum Gasteiger partial charge on any atom is -0.480 e. The van der Waals surface area contributed by atoms with Crippen LogP contribution in [-0.4, -0.2) is 28.8 Å². The van der Waals surface area contributed by atoms with Gasteiger partial charge in [0.2, 0.25) is 0 Å². The summed E-state index contributed by atoms with van der Waals surface area (Å²) in [7, 11) is 1.35. The van der Waals surface area contributed by atoms with Crippen molar-refractivity contribution < 1.29 is 27.9 Å². The lowest BCUT2D eigenvalue weighted by Gasteiger charge is -2.11. The number of hydrogen-bond acceptors (Lipinski definition) is 3. The maximum atomic E-state index is 12.7. The van der Waals surface area contributed by atoms with Crippen molar-refractivity contribution in [1.82, 2.24) is 10.0 Å².